The van der Waals surface area contributed by atoms with Gasteiger partial charge in [-0.15, -0.1) is 0 Å². The van der Waals surface area contributed by atoms with E-state index in [-0.39, 0.29) is 11.7 Å². The van der Waals surface area contributed by atoms with Crippen molar-refractivity contribution in [1.82, 2.24) is 19.9 Å². The fraction of sp³-hybridized carbons (Fsp3) is 0.320. The standard InChI is InChI=1S/C25H24N4O/c1-7-15-8-9-16-17(10-15)25(30)24-21(16)29-23-18(11(2)3)22-19(12(4)20(23)28-24)26-13(5)14(6)27-22/h8-11H,7H2,1-6H3. The summed E-state index contributed by atoms with van der Waals surface area (Å²) >= 11 is 0. The van der Waals surface area contributed by atoms with Crippen LogP contribution in [0, 0.1) is 20.8 Å². The summed E-state index contributed by atoms with van der Waals surface area (Å²) in [6.45, 7) is 12.3. The third-order valence-corrected chi connectivity index (χ3v) is 6.21. The van der Waals surface area contributed by atoms with Crippen molar-refractivity contribution >= 4 is 27.9 Å². The number of carbonyl (C=O) groups excluding carboxylic acids is 1. The van der Waals surface area contributed by atoms with Crippen molar-refractivity contribution in [3.05, 3.63) is 57.5 Å². The minimum Gasteiger partial charge on any atom is -0.287 e. The summed E-state index contributed by atoms with van der Waals surface area (Å²) in [6.07, 6.45) is 0.887. The number of hydrogen-bond donors (Lipinski definition) is 0. The number of rotatable bonds is 2. The number of aromatic nitrogens is 4. The number of nitrogens with zero attached hydrogens (tertiary/aromatic N) is 4. The molecular formula is C25H24N4O. The largest absolute Gasteiger partial charge is 0.287 e. The molecule has 5 nitrogen and oxygen atoms in total. The van der Waals surface area contributed by atoms with E-state index in [0.29, 0.717) is 17.0 Å². The predicted molar refractivity (Wildman–Crippen MR) is 119 cm³/mol. The highest BCUT2D eigenvalue weighted by molar-refractivity contribution is 6.21. The van der Waals surface area contributed by atoms with E-state index in [9.17, 15) is 4.79 Å². The Bertz CT molecular complexity index is 1400. The first kappa shape index (κ1) is 18.8. The summed E-state index contributed by atoms with van der Waals surface area (Å²) in [6, 6.07) is 6.06. The van der Waals surface area contributed by atoms with Crippen molar-refractivity contribution < 1.29 is 4.79 Å². The zero-order valence-electron chi connectivity index (χ0n) is 18.2. The van der Waals surface area contributed by atoms with Crippen molar-refractivity contribution in [2.24, 2.45) is 0 Å². The van der Waals surface area contributed by atoms with Crippen LogP contribution in [0.15, 0.2) is 18.2 Å². The Balaban J connectivity index is 1.93. The fourth-order valence-corrected chi connectivity index (χ4v) is 4.39. The average Bonchev–Trinajstić information content (AvgIpc) is 2.99. The Labute approximate surface area is 175 Å². The molecule has 5 rings (SSSR count). The first-order valence-electron chi connectivity index (χ1n) is 10.5. The number of carbonyl (C=O) groups is 1. The second-order valence-corrected chi connectivity index (χ2v) is 8.47. The topological polar surface area (TPSA) is 68.6 Å². The van der Waals surface area contributed by atoms with Gasteiger partial charge in [0.15, 0.2) is 0 Å². The lowest BCUT2D eigenvalue weighted by atomic mass is 9.96. The molecule has 4 aromatic rings. The molecule has 1 aliphatic carbocycles. The summed E-state index contributed by atoms with van der Waals surface area (Å²) in [7, 11) is 0. The Morgan fingerprint density at radius 1 is 0.800 bits per heavy atom. The minimum atomic E-state index is -0.0403. The molecule has 0 fully saturated rings. The SMILES string of the molecule is CCc1ccc2c(c1)C(=O)c1nc3c(C)c4nc(C)c(C)nc4c(C(C)C)c3nc1-2. The third kappa shape index (κ3) is 2.44. The highest BCUT2D eigenvalue weighted by Gasteiger charge is 2.32. The van der Waals surface area contributed by atoms with Gasteiger partial charge in [0.2, 0.25) is 5.78 Å². The summed E-state index contributed by atoms with van der Waals surface area (Å²) in [5, 5.41) is 0. The fourth-order valence-electron chi connectivity index (χ4n) is 4.39. The Morgan fingerprint density at radius 2 is 1.40 bits per heavy atom. The van der Waals surface area contributed by atoms with E-state index in [1.165, 1.54) is 0 Å². The molecule has 0 atom stereocenters. The highest BCUT2D eigenvalue weighted by Crippen LogP contribution is 2.40. The van der Waals surface area contributed by atoms with Crippen LogP contribution in [0.5, 0.6) is 0 Å². The smallest absolute Gasteiger partial charge is 0.214 e. The molecule has 0 unspecified atom stereocenters. The molecule has 0 spiro atoms. The van der Waals surface area contributed by atoms with E-state index >= 15 is 0 Å². The molecule has 2 aromatic carbocycles. The van der Waals surface area contributed by atoms with Gasteiger partial charge in [-0.1, -0.05) is 32.9 Å². The molecular weight excluding hydrogens is 372 g/mol. The number of ketones is 1. The van der Waals surface area contributed by atoms with Gasteiger partial charge >= 0.3 is 0 Å². The Morgan fingerprint density at radius 3 is 2.07 bits per heavy atom. The first-order valence-corrected chi connectivity index (χ1v) is 10.5. The van der Waals surface area contributed by atoms with Crippen molar-refractivity contribution in [3.8, 4) is 11.3 Å². The molecule has 0 bridgehead atoms. The molecule has 2 aromatic heterocycles. The molecule has 0 aliphatic heterocycles. The van der Waals surface area contributed by atoms with Gasteiger partial charge in [-0.25, -0.2) is 19.9 Å². The maximum absolute atomic E-state index is 13.2. The van der Waals surface area contributed by atoms with Crippen molar-refractivity contribution in [2.75, 3.05) is 0 Å². The maximum Gasteiger partial charge on any atom is 0.214 e. The summed E-state index contributed by atoms with van der Waals surface area (Å²) in [4.78, 5) is 32.8. The van der Waals surface area contributed by atoms with Crippen LogP contribution in [0.4, 0.5) is 0 Å². The van der Waals surface area contributed by atoms with Crippen LogP contribution in [0.2, 0.25) is 0 Å². The monoisotopic (exact) mass is 396 g/mol. The van der Waals surface area contributed by atoms with Gasteiger partial charge < -0.3 is 0 Å². The summed E-state index contributed by atoms with van der Waals surface area (Å²) in [5.74, 6) is 0.153. The molecule has 0 N–H and O–H groups in total. The van der Waals surface area contributed by atoms with E-state index < -0.39 is 0 Å². The lowest BCUT2D eigenvalue weighted by Crippen LogP contribution is -2.07. The molecule has 5 heteroatoms. The number of fused-ring (bicyclic) bond motifs is 5. The average molecular weight is 396 g/mol. The summed E-state index contributed by atoms with van der Waals surface area (Å²) in [5.41, 5.74) is 11.0. The van der Waals surface area contributed by atoms with Crippen LogP contribution in [-0.4, -0.2) is 25.7 Å². The molecule has 0 saturated carbocycles. The quantitative estimate of drug-likeness (QED) is 0.374. The molecule has 30 heavy (non-hydrogen) atoms. The van der Waals surface area contributed by atoms with Gasteiger partial charge in [-0.2, -0.15) is 0 Å². The normalized spacial score (nSPS) is 12.8. The van der Waals surface area contributed by atoms with Crippen LogP contribution < -0.4 is 0 Å². The molecule has 0 saturated heterocycles. The first-order chi connectivity index (χ1) is 14.3. The van der Waals surface area contributed by atoms with Crippen LogP contribution in [0.3, 0.4) is 0 Å². The number of hydrogen-bond acceptors (Lipinski definition) is 5. The van der Waals surface area contributed by atoms with Gasteiger partial charge in [0, 0.05) is 22.3 Å². The predicted octanol–water partition coefficient (Wildman–Crippen LogP) is 5.40. The van der Waals surface area contributed by atoms with E-state index in [1.54, 1.807) is 0 Å². The van der Waals surface area contributed by atoms with Gasteiger partial charge in [-0.05, 0) is 44.7 Å². The molecule has 2 heterocycles. The lowest BCUT2D eigenvalue weighted by molar-refractivity contribution is 0.103. The zero-order valence-corrected chi connectivity index (χ0v) is 18.2. The lowest BCUT2D eigenvalue weighted by Gasteiger charge is -2.16. The van der Waals surface area contributed by atoms with E-state index in [2.05, 4.69) is 26.8 Å². The second kappa shape index (κ2) is 6.39. The van der Waals surface area contributed by atoms with Gasteiger partial charge in [0.1, 0.15) is 11.4 Å². The van der Waals surface area contributed by atoms with E-state index in [4.69, 9.17) is 19.9 Å². The van der Waals surface area contributed by atoms with Crippen LogP contribution in [0.1, 0.15) is 70.8 Å². The van der Waals surface area contributed by atoms with Gasteiger partial charge in [-0.3, -0.25) is 4.79 Å². The second-order valence-electron chi connectivity index (χ2n) is 8.47. The van der Waals surface area contributed by atoms with Crippen LogP contribution in [0.25, 0.3) is 33.3 Å². The zero-order chi connectivity index (χ0) is 21.3. The van der Waals surface area contributed by atoms with Crippen molar-refractivity contribution in [3.63, 3.8) is 0 Å². The van der Waals surface area contributed by atoms with Crippen LogP contribution >= 0.6 is 0 Å². The Kier molecular flexibility index (Phi) is 4.01. The number of aryl methyl sites for hydroxylation is 4. The maximum atomic E-state index is 13.2. The summed E-state index contributed by atoms with van der Waals surface area (Å²) < 4.78 is 0. The minimum absolute atomic E-state index is 0.0403. The number of benzene rings is 2. The molecule has 1 aliphatic rings. The van der Waals surface area contributed by atoms with Gasteiger partial charge in [0.25, 0.3) is 0 Å². The van der Waals surface area contributed by atoms with E-state index in [1.807, 2.05) is 32.9 Å². The van der Waals surface area contributed by atoms with Crippen LogP contribution in [-0.2, 0) is 6.42 Å². The van der Waals surface area contributed by atoms with Crippen molar-refractivity contribution in [1.29, 1.82) is 0 Å². The van der Waals surface area contributed by atoms with E-state index in [0.717, 1.165) is 62.1 Å². The Hall–Kier alpha value is -3.21. The molecule has 0 amide bonds. The third-order valence-electron chi connectivity index (χ3n) is 6.21. The highest BCUT2D eigenvalue weighted by atomic mass is 16.1. The van der Waals surface area contributed by atoms with Gasteiger partial charge in [0.05, 0.1) is 33.5 Å². The van der Waals surface area contributed by atoms with Crippen molar-refractivity contribution in [2.45, 2.75) is 53.9 Å². The molecule has 150 valence electrons. The molecule has 0 radical (unpaired) electrons.